The molecule has 13 rings (SSSR count). The minimum Gasteiger partial charge on any atom is -0.310 e. The molecule has 65 heavy (non-hydrogen) atoms. The Kier molecular flexibility index (Phi) is 8.22. The van der Waals surface area contributed by atoms with Gasteiger partial charge in [0.05, 0.1) is 11.1 Å². The molecule has 306 valence electrons. The van der Waals surface area contributed by atoms with Crippen molar-refractivity contribution in [3.05, 3.63) is 264 Å². The van der Waals surface area contributed by atoms with E-state index in [9.17, 15) is 0 Å². The van der Waals surface area contributed by atoms with Crippen molar-refractivity contribution in [2.45, 2.75) is 5.41 Å². The minimum atomic E-state index is -0.710. The molecule has 4 heteroatoms. The van der Waals surface area contributed by atoms with E-state index in [0.717, 1.165) is 72.0 Å². The summed E-state index contributed by atoms with van der Waals surface area (Å²) in [7, 11) is 0. The summed E-state index contributed by atoms with van der Waals surface area (Å²) < 4.78 is 30.4. The maximum atomic E-state index is 15.3. The fraction of sp³-hybridized carbons (Fsp3) is 0.0164. The van der Waals surface area contributed by atoms with Gasteiger partial charge in [0, 0.05) is 33.8 Å². The highest BCUT2D eigenvalue weighted by molar-refractivity contribution is 6.23. The molecule has 0 saturated heterocycles. The molecule has 1 spiro atoms. The van der Waals surface area contributed by atoms with E-state index in [4.69, 9.17) is 0 Å². The molecule has 11 aromatic rings. The molecule has 0 aromatic heterocycles. The van der Waals surface area contributed by atoms with Gasteiger partial charge in [-0.1, -0.05) is 152 Å². The molecule has 0 radical (unpaired) electrons. The Hall–Kier alpha value is -8.34. The second-order valence-electron chi connectivity index (χ2n) is 17.0. The van der Waals surface area contributed by atoms with Crippen molar-refractivity contribution in [1.29, 1.82) is 0 Å². The van der Waals surface area contributed by atoms with Crippen LogP contribution in [0.1, 0.15) is 22.3 Å². The molecule has 2 aliphatic carbocycles. The zero-order chi connectivity index (χ0) is 43.2. The van der Waals surface area contributed by atoms with Crippen molar-refractivity contribution in [3.8, 4) is 22.3 Å². The monoisotopic (exact) mass is 836 g/mol. The molecule has 0 amide bonds. The Labute approximate surface area is 375 Å². The van der Waals surface area contributed by atoms with Crippen LogP contribution in [0.4, 0.5) is 42.9 Å². The number of halogens is 2. The molecule has 0 heterocycles. The highest BCUT2D eigenvalue weighted by Crippen LogP contribution is 2.67. The zero-order valence-electron chi connectivity index (χ0n) is 35.1. The van der Waals surface area contributed by atoms with Gasteiger partial charge in [0.15, 0.2) is 0 Å². The highest BCUT2D eigenvalue weighted by Gasteiger charge is 2.54. The van der Waals surface area contributed by atoms with Crippen molar-refractivity contribution in [2.75, 3.05) is 9.80 Å². The molecule has 2 aliphatic rings. The summed E-state index contributed by atoms with van der Waals surface area (Å²) in [6.07, 6.45) is 0. The molecule has 0 fully saturated rings. The first-order valence-electron chi connectivity index (χ1n) is 22.1. The van der Waals surface area contributed by atoms with E-state index >= 15 is 8.78 Å². The highest BCUT2D eigenvalue weighted by atomic mass is 19.1. The summed E-state index contributed by atoms with van der Waals surface area (Å²) >= 11 is 0. The molecule has 2 nitrogen and oxygen atoms in total. The Morgan fingerprint density at radius 2 is 0.769 bits per heavy atom. The van der Waals surface area contributed by atoms with Crippen molar-refractivity contribution in [2.24, 2.45) is 0 Å². The topological polar surface area (TPSA) is 6.48 Å². The number of nitrogens with zero attached hydrogens (tertiary/aromatic N) is 2. The Balaban J connectivity index is 1.20. The van der Waals surface area contributed by atoms with Crippen LogP contribution in [0.5, 0.6) is 0 Å². The van der Waals surface area contributed by atoms with E-state index in [-0.39, 0.29) is 11.6 Å². The maximum absolute atomic E-state index is 15.3. The molecule has 0 bridgehead atoms. The normalized spacial score (nSPS) is 12.9. The van der Waals surface area contributed by atoms with Crippen LogP contribution in [0.25, 0.3) is 54.6 Å². The van der Waals surface area contributed by atoms with Gasteiger partial charge in [0.2, 0.25) is 0 Å². The summed E-state index contributed by atoms with van der Waals surface area (Å²) in [5, 5.41) is 6.72. The van der Waals surface area contributed by atoms with Gasteiger partial charge in [0.25, 0.3) is 0 Å². The lowest BCUT2D eigenvalue weighted by Crippen LogP contribution is -2.26. The third-order valence-electron chi connectivity index (χ3n) is 13.7. The van der Waals surface area contributed by atoms with Crippen molar-refractivity contribution < 1.29 is 8.78 Å². The molecule has 0 aliphatic heterocycles. The second-order valence-corrected chi connectivity index (χ2v) is 17.0. The summed E-state index contributed by atoms with van der Waals surface area (Å²) in [6, 6.07) is 78.8. The van der Waals surface area contributed by atoms with Crippen molar-refractivity contribution in [3.63, 3.8) is 0 Å². The lowest BCUT2D eigenvalue weighted by molar-refractivity contribution is 0.627. The molecule has 11 aromatic carbocycles. The van der Waals surface area contributed by atoms with Crippen LogP contribution >= 0.6 is 0 Å². The van der Waals surface area contributed by atoms with E-state index in [0.29, 0.717) is 0 Å². The number of benzene rings is 11. The average molecular weight is 837 g/mol. The van der Waals surface area contributed by atoms with Gasteiger partial charge in [-0.25, -0.2) is 8.78 Å². The number of anilines is 6. The fourth-order valence-corrected chi connectivity index (χ4v) is 11.3. The third kappa shape index (κ3) is 5.38. The third-order valence-corrected chi connectivity index (χ3v) is 13.7. The SMILES string of the molecule is Fc1cccc(N(c2ccccc2)c2ccc3c4c(c5ccccc5c3c2)-c2cc(N(c3ccccc3)c3cccc(F)c3)c3ccccc3c2C42c3ccccc3-c3ccccc32)c1. The molecule has 0 atom stereocenters. The summed E-state index contributed by atoms with van der Waals surface area (Å²) in [5.41, 5.74) is 14.3. The van der Waals surface area contributed by atoms with Crippen molar-refractivity contribution in [1.82, 2.24) is 0 Å². The van der Waals surface area contributed by atoms with E-state index in [1.165, 1.54) is 51.1 Å². The quantitative estimate of drug-likeness (QED) is 0.154. The van der Waals surface area contributed by atoms with Crippen LogP contribution in [0.15, 0.2) is 231 Å². The molecular formula is C61H38F2N2. The first-order chi connectivity index (χ1) is 32.1. The summed E-state index contributed by atoms with van der Waals surface area (Å²) in [4.78, 5) is 4.34. The smallest absolute Gasteiger partial charge is 0.125 e. The van der Waals surface area contributed by atoms with Gasteiger partial charge < -0.3 is 9.80 Å². The molecular weight excluding hydrogens is 799 g/mol. The van der Waals surface area contributed by atoms with Crippen LogP contribution in [-0.2, 0) is 5.41 Å². The number of rotatable bonds is 6. The Bertz CT molecular complexity index is 3670. The van der Waals surface area contributed by atoms with Crippen LogP contribution in [0, 0.1) is 11.6 Å². The molecule has 0 N–H and O–H groups in total. The number of hydrogen-bond donors (Lipinski definition) is 0. The van der Waals surface area contributed by atoms with Crippen LogP contribution < -0.4 is 9.80 Å². The maximum Gasteiger partial charge on any atom is 0.125 e. The number of para-hydroxylation sites is 2. The first-order valence-corrected chi connectivity index (χ1v) is 22.1. The number of fused-ring (bicyclic) bond motifs is 17. The van der Waals surface area contributed by atoms with Gasteiger partial charge in [-0.2, -0.15) is 0 Å². The number of hydrogen-bond acceptors (Lipinski definition) is 2. The lowest BCUT2D eigenvalue weighted by Gasteiger charge is -2.34. The predicted molar refractivity (Wildman–Crippen MR) is 265 cm³/mol. The van der Waals surface area contributed by atoms with Gasteiger partial charge in [0.1, 0.15) is 11.6 Å². The van der Waals surface area contributed by atoms with Crippen LogP contribution in [-0.4, -0.2) is 0 Å². The summed E-state index contributed by atoms with van der Waals surface area (Å²) in [6.45, 7) is 0. The van der Waals surface area contributed by atoms with Crippen molar-refractivity contribution >= 4 is 66.4 Å². The Morgan fingerprint density at radius 3 is 1.40 bits per heavy atom. The van der Waals surface area contributed by atoms with E-state index < -0.39 is 5.41 Å². The fourth-order valence-electron chi connectivity index (χ4n) is 11.3. The lowest BCUT2D eigenvalue weighted by atomic mass is 9.68. The van der Waals surface area contributed by atoms with Gasteiger partial charge in [-0.05, 0) is 150 Å². The molecule has 0 saturated carbocycles. The second kappa shape index (κ2) is 14.3. The minimum absolute atomic E-state index is 0.291. The van der Waals surface area contributed by atoms with Gasteiger partial charge >= 0.3 is 0 Å². The van der Waals surface area contributed by atoms with E-state index in [2.05, 4.69) is 155 Å². The first kappa shape index (κ1) is 37.2. The van der Waals surface area contributed by atoms with Crippen LogP contribution in [0.2, 0.25) is 0 Å². The van der Waals surface area contributed by atoms with Crippen LogP contribution in [0.3, 0.4) is 0 Å². The predicted octanol–water partition coefficient (Wildman–Crippen LogP) is 16.7. The zero-order valence-corrected chi connectivity index (χ0v) is 35.1. The summed E-state index contributed by atoms with van der Waals surface area (Å²) in [5.74, 6) is -0.585. The van der Waals surface area contributed by atoms with E-state index in [1.807, 2.05) is 48.5 Å². The van der Waals surface area contributed by atoms with E-state index in [1.54, 1.807) is 24.3 Å². The van der Waals surface area contributed by atoms with Gasteiger partial charge in [-0.15, -0.1) is 0 Å². The Morgan fingerprint density at radius 1 is 0.292 bits per heavy atom. The van der Waals surface area contributed by atoms with Gasteiger partial charge in [-0.3, -0.25) is 0 Å². The standard InChI is InChI=1S/C61H38F2N2/c62-39-17-15-23-43(35-39)64(41-19-3-1-4-20-41)45-33-34-52-53(37-45)46-25-7-9-29-50(46)58-54-38-57(65(42-21-5-2-6-22-42)44-24-16-18-40(63)36-44)49-28-8-10-30-51(49)59(54)61(60(52)58)55-31-13-11-26-47(55)48-27-12-14-32-56(48)61/h1-38H. The molecule has 0 unspecified atom stereocenters. The average Bonchev–Trinajstić information content (AvgIpc) is 3.83. The largest absolute Gasteiger partial charge is 0.310 e.